The van der Waals surface area contributed by atoms with Gasteiger partial charge in [0.15, 0.2) is 0 Å². The van der Waals surface area contributed by atoms with Crippen molar-refractivity contribution in [1.82, 2.24) is 0 Å². The Morgan fingerprint density at radius 3 is 1.06 bits per heavy atom. The van der Waals surface area contributed by atoms with Crippen molar-refractivity contribution in [3.05, 3.63) is 141 Å². The standard InChI is InChI=1S/C32H28O4.C22H14Br2O2.C5H8O.CH4/c33-17-5-1-3-7-23-9-13-27-25(21-23)11-15-29-31(27)32-28-14-10-24(8-4-2-6-18-34)22-26(28)12-16-30(32)36-20-19-35-29;23-15-3-5-17-13(11-15)1-7-19-21(17)22-18-6-4-16(24)12-14(18)2-8-20(22)26-10-9-25-19;1-2-3-4-5-6;/h9-16,21-22,33-34H,1-2,5-6,17-20H2;1-8,11-12H,9-10H2;1,6H,3-5H2;1H4. The molecule has 0 atom stereocenters. The average Bonchev–Trinajstić information content (AvgIpc) is 3.34. The van der Waals surface area contributed by atoms with Crippen molar-refractivity contribution >= 4 is 74.9 Å². The number of hydrogen-bond donors (Lipinski definition) is 3. The number of ether oxygens (including phenoxy) is 4. The number of halogens is 2. The lowest BCUT2D eigenvalue weighted by Gasteiger charge is -2.22. The van der Waals surface area contributed by atoms with Gasteiger partial charge in [0.2, 0.25) is 0 Å². The highest BCUT2D eigenvalue weighted by Crippen LogP contribution is 2.48. The van der Waals surface area contributed by atoms with Crippen molar-refractivity contribution < 1.29 is 34.3 Å². The van der Waals surface area contributed by atoms with E-state index in [1.807, 2.05) is 24.3 Å². The molecule has 0 aromatic heterocycles. The first-order valence-electron chi connectivity index (χ1n) is 22.7. The first-order valence-corrected chi connectivity index (χ1v) is 24.3. The quantitative estimate of drug-likeness (QED) is 0.113. The zero-order chi connectivity index (χ0) is 47.2. The molecule has 2 aliphatic heterocycles. The van der Waals surface area contributed by atoms with Gasteiger partial charge < -0.3 is 34.3 Å². The van der Waals surface area contributed by atoms with Crippen LogP contribution in [0.25, 0.3) is 65.3 Å². The molecule has 0 unspecified atom stereocenters. The molecule has 0 amide bonds. The molecule has 8 aromatic rings. The Kier molecular flexibility index (Phi) is 18.0. The molecule has 10 rings (SSSR count). The fourth-order valence-electron chi connectivity index (χ4n) is 8.30. The Balaban J connectivity index is 0.000000186. The number of hydrogen-bond acceptors (Lipinski definition) is 7. The SMILES string of the molecule is Brc1ccc2c3c(ccc2c1)OCCOc1ccc2cc(Br)ccc2c1-3.C.C#CCCCO.OCCCC#Cc1ccc2c3c(ccc2c1)OCCOc1ccc2cc(C#CCCCO)ccc2c1-3. The Hall–Kier alpha value is -6.48. The second kappa shape index (κ2) is 24.7. The van der Waals surface area contributed by atoms with E-state index in [0.29, 0.717) is 58.5 Å². The summed E-state index contributed by atoms with van der Waals surface area (Å²) in [7, 11) is 0. The van der Waals surface area contributed by atoms with Crippen LogP contribution in [0.4, 0.5) is 0 Å². The molecule has 7 nitrogen and oxygen atoms in total. The van der Waals surface area contributed by atoms with E-state index >= 15 is 0 Å². The highest BCUT2D eigenvalue weighted by atomic mass is 79.9. The molecule has 0 aliphatic carbocycles. The van der Waals surface area contributed by atoms with Crippen molar-refractivity contribution in [2.45, 2.75) is 46.0 Å². The zero-order valence-electron chi connectivity index (χ0n) is 37.5. The number of aliphatic hydroxyl groups is 3. The van der Waals surface area contributed by atoms with Gasteiger partial charge in [-0.3, -0.25) is 0 Å². The molecule has 69 heavy (non-hydrogen) atoms. The molecule has 0 fully saturated rings. The van der Waals surface area contributed by atoms with E-state index in [1.165, 1.54) is 10.8 Å². The number of benzene rings is 8. The van der Waals surface area contributed by atoms with E-state index in [0.717, 1.165) is 104 Å². The minimum Gasteiger partial charge on any atom is -0.489 e. The average molecular weight is 1050 g/mol. The van der Waals surface area contributed by atoms with Crippen LogP contribution in [0.3, 0.4) is 0 Å². The number of terminal acetylenes is 1. The van der Waals surface area contributed by atoms with Gasteiger partial charge >= 0.3 is 0 Å². The van der Waals surface area contributed by atoms with E-state index in [-0.39, 0.29) is 27.2 Å². The van der Waals surface area contributed by atoms with Crippen LogP contribution in [0.2, 0.25) is 0 Å². The third-order valence-corrected chi connectivity index (χ3v) is 12.4. The summed E-state index contributed by atoms with van der Waals surface area (Å²) in [6.07, 6.45) is 9.00. The first kappa shape index (κ1) is 50.4. The largest absolute Gasteiger partial charge is 0.489 e. The molecule has 0 saturated heterocycles. The highest BCUT2D eigenvalue weighted by molar-refractivity contribution is 9.10. The van der Waals surface area contributed by atoms with Gasteiger partial charge in [0.05, 0.1) is 0 Å². The number of rotatable bonds is 6. The summed E-state index contributed by atoms with van der Waals surface area (Å²) in [5, 5.41) is 35.1. The van der Waals surface area contributed by atoms with Crippen molar-refractivity contribution in [2.75, 3.05) is 46.2 Å². The summed E-state index contributed by atoms with van der Waals surface area (Å²) in [6, 6.07) is 41.8. The number of aliphatic hydroxyl groups excluding tert-OH is 3. The van der Waals surface area contributed by atoms with E-state index in [2.05, 4.69) is 159 Å². The maximum atomic E-state index is 8.98. The van der Waals surface area contributed by atoms with Gasteiger partial charge in [-0.2, -0.15) is 0 Å². The smallest absolute Gasteiger partial charge is 0.128 e. The normalized spacial score (nSPS) is 11.9. The summed E-state index contributed by atoms with van der Waals surface area (Å²) in [6.45, 7) is 2.56. The van der Waals surface area contributed by atoms with Crippen molar-refractivity contribution in [1.29, 1.82) is 0 Å². The molecule has 3 N–H and O–H groups in total. The first-order chi connectivity index (χ1) is 33.4. The van der Waals surface area contributed by atoms with E-state index in [4.69, 9.17) is 40.7 Å². The Labute approximate surface area is 421 Å². The maximum Gasteiger partial charge on any atom is 0.128 e. The summed E-state index contributed by atoms with van der Waals surface area (Å²) < 4.78 is 26.5. The molecular weight excluding hydrogens is 992 g/mol. The second-order valence-corrected chi connectivity index (χ2v) is 17.9. The van der Waals surface area contributed by atoms with Gasteiger partial charge in [-0.05, 0) is 135 Å². The molecule has 0 spiro atoms. The molecule has 350 valence electrons. The van der Waals surface area contributed by atoms with Gasteiger partial charge in [-0.1, -0.05) is 111 Å². The topological polar surface area (TPSA) is 97.6 Å². The van der Waals surface area contributed by atoms with Crippen LogP contribution in [0, 0.1) is 36.0 Å². The van der Waals surface area contributed by atoms with Gasteiger partial charge in [-0.25, -0.2) is 0 Å². The van der Waals surface area contributed by atoms with Crippen LogP contribution in [0.1, 0.15) is 57.1 Å². The van der Waals surface area contributed by atoms with E-state index in [1.54, 1.807) is 0 Å². The molecule has 9 heteroatoms. The fraction of sp³-hybridized carbons (Fsp3) is 0.233. The molecule has 0 bridgehead atoms. The molecule has 2 heterocycles. The summed E-state index contributed by atoms with van der Waals surface area (Å²) in [5.74, 6) is 18.6. The lowest BCUT2D eigenvalue weighted by molar-refractivity contribution is 0.215. The van der Waals surface area contributed by atoms with Crippen molar-refractivity contribution in [2.24, 2.45) is 0 Å². The van der Waals surface area contributed by atoms with Gasteiger partial charge in [0, 0.05) is 81.4 Å². The summed E-state index contributed by atoms with van der Waals surface area (Å²) in [4.78, 5) is 0. The highest BCUT2D eigenvalue weighted by Gasteiger charge is 2.23. The minimum absolute atomic E-state index is 0. The van der Waals surface area contributed by atoms with Crippen LogP contribution in [-0.2, 0) is 0 Å². The lowest BCUT2D eigenvalue weighted by atomic mass is 9.91. The van der Waals surface area contributed by atoms with Crippen LogP contribution in [0.15, 0.2) is 130 Å². The van der Waals surface area contributed by atoms with Crippen LogP contribution in [0.5, 0.6) is 23.0 Å². The van der Waals surface area contributed by atoms with E-state index in [9.17, 15) is 0 Å². The third-order valence-electron chi connectivity index (χ3n) is 11.4. The second-order valence-electron chi connectivity index (χ2n) is 16.0. The predicted octanol–water partition coefficient (Wildman–Crippen LogP) is 13.7. The number of unbranched alkanes of at least 4 members (excludes halogenated alkanes) is 3. The molecular formula is C60H54Br2O7. The van der Waals surface area contributed by atoms with E-state index < -0.39 is 0 Å². The van der Waals surface area contributed by atoms with Crippen molar-refractivity contribution in [3.8, 4) is 81.3 Å². The van der Waals surface area contributed by atoms with Gasteiger partial charge in [-0.15, -0.1) is 12.3 Å². The number of fused-ring (bicyclic) bond motifs is 14. The van der Waals surface area contributed by atoms with Crippen LogP contribution in [-0.4, -0.2) is 61.6 Å². The van der Waals surface area contributed by atoms with Gasteiger partial charge in [0.1, 0.15) is 49.4 Å². The monoisotopic (exact) mass is 1040 g/mol. The van der Waals surface area contributed by atoms with Crippen LogP contribution >= 0.6 is 31.9 Å². The zero-order valence-corrected chi connectivity index (χ0v) is 40.7. The molecule has 0 radical (unpaired) electrons. The third kappa shape index (κ3) is 12.0. The lowest BCUT2D eigenvalue weighted by Crippen LogP contribution is -2.12. The predicted molar refractivity (Wildman–Crippen MR) is 289 cm³/mol. The van der Waals surface area contributed by atoms with Gasteiger partial charge in [0.25, 0.3) is 0 Å². The molecule has 0 saturated carbocycles. The maximum absolute atomic E-state index is 8.98. The Morgan fingerprint density at radius 1 is 0.420 bits per heavy atom. The summed E-state index contributed by atoms with van der Waals surface area (Å²) >= 11 is 7.15. The molecule has 8 aromatic carbocycles. The van der Waals surface area contributed by atoms with Crippen molar-refractivity contribution in [3.63, 3.8) is 0 Å². The molecule has 2 aliphatic rings. The minimum atomic E-state index is 0. The fourth-order valence-corrected chi connectivity index (χ4v) is 9.06. The summed E-state index contributed by atoms with van der Waals surface area (Å²) in [5.41, 5.74) is 6.14. The Bertz CT molecular complexity index is 3070. The van der Waals surface area contributed by atoms with Crippen LogP contribution < -0.4 is 18.9 Å². The Morgan fingerprint density at radius 2 is 0.739 bits per heavy atom.